The molecule has 7 rings (SSSR count). The summed E-state index contributed by atoms with van der Waals surface area (Å²) in [6.07, 6.45) is 3.95. The van der Waals surface area contributed by atoms with Gasteiger partial charge >= 0.3 is 0 Å². The SMILES string of the molecule is COc1ccc(C(=O)[C@@H]2[C@H](C(=O)c3ccc(Br)cc3)N3c4ccccc4C=C[C@H]3[C@@]23C(=O)Nc2ccccc23)cc1OC. The molecule has 4 aromatic rings. The number of halogens is 1. The lowest BCUT2D eigenvalue weighted by Crippen LogP contribution is -2.51. The van der Waals surface area contributed by atoms with Crippen molar-refractivity contribution < 1.29 is 23.9 Å². The molecule has 1 spiro atoms. The fourth-order valence-electron chi connectivity index (χ4n) is 7.07. The maximum absolute atomic E-state index is 15.0. The van der Waals surface area contributed by atoms with Gasteiger partial charge in [0.25, 0.3) is 0 Å². The average molecular weight is 636 g/mol. The highest BCUT2D eigenvalue weighted by atomic mass is 79.9. The van der Waals surface area contributed by atoms with Gasteiger partial charge in [0.2, 0.25) is 5.91 Å². The van der Waals surface area contributed by atoms with Crippen molar-refractivity contribution in [1.29, 1.82) is 0 Å². The number of para-hydroxylation sites is 2. The first-order chi connectivity index (χ1) is 20.9. The van der Waals surface area contributed by atoms with Gasteiger partial charge in [0, 0.05) is 27.0 Å². The summed E-state index contributed by atoms with van der Waals surface area (Å²) in [7, 11) is 3.03. The van der Waals surface area contributed by atoms with Gasteiger partial charge in [0.1, 0.15) is 11.5 Å². The highest BCUT2D eigenvalue weighted by Gasteiger charge is 2.70. The zero-order valence-electron chi connectivity index (χ0n) is 23.4. The summed E-state index contributed by atoms with van der Waals surface area (Å²) in [6.45, 7) is 0. The van der Waals surface area contributed by atoms with E-state index < -0.39 is 23.4 Å². The predicted octanol–water partition coefficient (Wildman–Crippen LogP) is 6.32. The van der Waals surface area contributed by atoms with Gasteiger partial charge in [-0.05, 0) is 53.6 Å². The number of ether oxygens (including phenoxy) is 2. The Morgan fingerprint density at radius 1 is 0.837 bits per heavy atom. The predicted molar refractivity (Wildman–Crippen MR) is 168 cm³/mol. The third-order valence-electron chi connectivity index (χ3n) is 8.89. The number of Topliss-reactive ketones (excluding diaryl/α,β-unsaturated/α-hetero) is 2. The van der Waals surface area contributed by atoms with Crippen molar-refractivity contribution in [3.05, 3.63) is 124 Å². The number of rotatable bonds is 6. The summed E-state index contributed by atoms with van der Waals surface area (Å²) >= 11 is 3.46. The molecule has 0 bridgehead atoms. The summed E-state index contributed by atoms with van der Waals surface area (Å²) in [5.41, 5.74) is 2.43. The number of nitrogens with zero attached hydrogens (tertiary/aromatic N) is 1. The van der Waals surface area contributed by atoms with Crippen LogP contribution in [0.25, 0.3) is 6.08 Å². The van der Waals surface area contributed by atoms with Crippen molar-refractivity contribution in [1.82, 2.24) is 0 Å². The number of hydrogen-bond acceptors (Lipinski definition) is 6. The van der Waals surface area contributed by atoms with E-state index in [1.54, 1.807) is 30.3 Å². The molecule has 0 radical (unpaired) electrons. The van der Waals surface area contributed by atoms with Crippen LogP contribution < -0.4 is 19.7 Å². The lowest BCUT2D eigenvalue weighted by Gasteiger charge is -2.37. The van der Waals surface area contributed by atoms with Gasteiger partial charge in [-0.2, -0.15) is 0 Å². The van der Waals surface area contributed by atoms with E-state index in [1.165, 1.54) is 14.2 Å². The number of anilines is 2. The average Bonchev–Trinajstić information content (AvgIpc) is 3.52. The summed E-state index contributed by atoms with van der Waals surface area (Å²) in [5.74, 6) is -1.10. The van der Waals surface area contributed by atoms with Crippen molar-refractivity contribution in [2.24, 2.45) is 5.92 Å². The highest BCUT2D eigenvalue weighted by Crippen LogP contribution is 2.58. The second kappa shape index (κ2) is 10.2. The molecular formula is C35H27BrN2O5. The molecule has 1 saturated heterocycles. The van der Waals surface area contributed by atoms with E-state index in [0.717, 1.165) is 15.7 Å². The second-order valence-corrected chi connectivity index (χ2v) is 11.8. The first-order valence-electron chi connectivity index (χ1n) is 13.9. The topological polar surface area (TPSA) is 84.9 Å². The number of ketones is 2. The van der Waals surface area contributed by atoms with Crippen molar-refractivity contribution in [3.8, 4) is 11.5 Å². The van der Waals surface area contributed by atoms with Crippen molar-refractivity contribution in [2.75, 3.05) is 24.4 Å². The van der Waals surface area contributed by atoms with Crippen LogP contribution in [0.3, 0.4) is 0 Å². The molecule has 3 heterocycles. The monoisotopic (exact) mass is 634 g/mol. The first kappa shape index (κ1) is 27.2. The Hall–Kier alpha value is -4.69. The molecule has 0 aliphatic carbocycles. The van der Waals surface area contributed by atoms with Crippen LogP contribution in [0.5, 0.6) is 11.5 Å². The Labute approximate surface area is 257 Å². The fourth-order valence-corrected chi connectivity index (χ4v) is 7.34. The molecule has 1 N–H and O–H groups in total. The molecule has 214 valence electrons. The van der Waals surface area contributed by atoms with Gasteiger partial charge in [-0.25, -0.2) is 0 Å². The summed E-state index contributed by atoms with van der Waals surface area (Å²) in [4.78, 5) is 46.2. The molecule has 43 heavy (non-hydrogen) atoms. The highest BCUT2D eigenvalue weighted by molar-refractivity contribution is 9.10. The van der Waals surface area contributed by atoms with Gasteiger partial charge in [-0.3, -0.25) is 14.4 Å². The smallest absolute Gasteiger partial charge is 0.238 e. The van der Waals surface area contributed by atoms with E-state index >= 15 is 4.79 Å². The van der Waals surface area contributed by atoms with Gasteiger partial charge in [0.05, 0.1) is 26.2 Å². The van der Waals surface area contributed by atoms with Crippen LogP contribution in [-0.2, 0) is 10.2 Å². The third-order valence-corrected chi connectivity index (χ3v) is 9.42. The fraction of sp³-hybridized carbons (Fsp3) is 0.171. The van der Waals surface area contributed by atoms with Crippen LogP contribution in [0, 0.1) is 5.92 Å². The zero-order valence-corrected chi connectivity index (χ0v) is 25.0. The normalized spacial score (nSPS) is 22.9. The Morgan fingerprint density at radius 2 is 1.53 bits per heavy atom. The molecule has 0 unspecified atom stereocenters. The van der Waals surface area contributed by atoms with E-state index in [0.29, 0.717) is 33.9 Å². The van der Waals surface area contributed by atoms with Gasteiger partial charge < -0.3 is 19.7 Å². The molecule has 4 aromatic carbocycles. The number of nitrogens with one attached hydrogen (secondary N) is 1. The quantitative estimate of drug-likeness (QED) is 0.250. The molecule has 0 saturated carbocycles. The molecule has 1 amide bonds. The molecule has 1 fully saturated rings. The number of benzene rings is 4. The molecule has 8 heteroatoms. The summed E-state index contributed by atoms with van der Waals surface area (Å²) < 4.78 is 11.8. The van der Waals surface area contributed by atoms with Crippen molar-refractivity contribution >= 4 is 50.9 Å². The standard InChI is InChI=1S/C35H27BrN2O5/c1-42-27-17-13-22(19-28(27)43-2)32(39)30-31(33(40)21-11-15-23(36)16-12-21)38-26-10-6-3-7-20(26)14-18-29(38)35(30)24-8-4-5-9-25(24)37-34(35)41/h3-19,29-31H,1-2H3,(H,37,41)/t29-,30-,31+,35+/m0/s1. The van der Waals surface area contributed by atoms with Crippen LogP contribution in [-0.4, -0.2) is 43.8 Å². The van der Waals surface area contributed by atoms with E-state index in [1.807, 2.05) is 77.7 Å². The molecular weight excluding hydrogens is 608 g/mol. The molecule has 4 atom stereocenters. The van der Waals surface area contributed by atoms with E-state index in [-0.39, 0.29) is 17.5 Å². The van der Waals surface area contributed by atoms with Crippen LogP contribution in [0.15, 0.2) is 102 Å². The number of carbonyl (C=O) groups excluding carboxylic acids is 3. The van der Waals surface area contributed by atoms with Crippen molar-refractivity contribution in [2.45, 2.75) is 17.5 Å². The molecule has 0 aromatic heterocycles. The van der Waals surface area contributed by atoms with Crippen LogP contribution in [0.1, 0.15) is 31.8 Å². The molecule has 3 aliphatic heterocycles. The van der Waals surface area contributed by atoms with Gasteiger partial charge in [-0.1, -0.05) is 76.6 Å². The number of fused-ring (bicyclic) bond motifs is 6. The Morgan fingerprint density at radius 3 is 2.30 bits per heavy atom. The Kier molecular flexibility index (Phi) is 6.47. The minimum absolute atomic E-state index is 0.240. The maximum atomic E-state index is 15.0. The van der Waals surface area contributed by atoms with Gasteiger partial charge in [-0.15, -0.1) is 0 Å². The molecule has 3 aliphatic rings. The van der Waals surface area contributed by atoms with Crippen LogP contribution >= 0.6 is 15.9 Å². The Balaban J connectivity index is 1.52. The van der Waals surface area contributed by atoms with E-state index in [9.17, 15) is 9.59 Å². The number of carbonyl (C=O) groups is 3. The van der Waals surface area contributed by atoms with E-state index in [2.05, 4.69) is 21.2 Å². The number of methoxy groups -OCH3 is 2. The van der Waals surface area contributed by atoms with Crippen molar-refractivity contribution in [3.63, 3.8) is 0 Å². The Bertz CT molecular complexity index is 1830. The number of hydrogen-bond donors (Lipinski definition) is 1. The first-order valence-corrected chi connectivity index (χ1v) is 14.7. The minimum Gasteiger partial charge on any atom is -0.493 e. The minimum atomic E-state index is -1.39. The summed E-state index contributed by atoms with van der Waals surface area (Å²) in [6, 6.07) is 25.7. The van der Waals surface area contributed by atoms with Crippen LogP contribution in [0.2, 0.25) is 0 Å². The maximum Gasteiger partial charge on any atom is 0.238 e. The van der Waals surface area contributed by atoms with E-state index in [4.69, 9.17) is 9.47 Å². The lowest BCUT2D eigenvalue weighted by molar-refractivity contribution is -0.121. The second-order valence-electron chi connectivity index (χ2n) is 10.9. The molecule has 7 nitrogen and oxygen atoms in total. The number of amides is 1. The lowest BCUT2D eigenvalue weighted by atomic mass is 9.64. The van der Waals surface area contributed by atoms with Gasteiger partial charge in [0.15, 0.2) is 23.1 Å². The van der Waals surface area contributed by atoms with Crippen LogP contribution in [0.4, 0.5) is 11.4 Å². The zero-order chi connectivity index (χ0) is 29.9. The summed E-state index contributed by atoms with van der Waals surface area (Å²) in [5, 5.41) is 3.06. The third kappa shape index (κ3) is 3.89. The largest absolute Gasteiger partial charge is 0.493 e.